The Morgan fingerprint density at radius 3 is 2.22 bits per heavy atom. The lowest BCUT2D eigenvalue weighted by atomic mass is 9.76. The summed E-state index contributed by atoms with van der Waals surface area (Å²) in [6.07, 6.45) is 12.8. The van der Waals surface area contributed by atoms with Crippen LogP contribution in [0.3, 0.4) is 0 Å². The van der Waals surface area contributed by atoms with Gasteiger partial charge in [0.15, 0.2) is 0 Å². The van der Waals surface area contributed by atoms with Crippen molar-refractivity contribution in [2.24, 2.45) is 5.73 Å². The summed E-state index contributed by atoms with van der Waals surface area (Å²) in [6, 6.07) is 0. The quantitative estimate of drug-likeness (QED) is 0.588. The van der Waals surface area contributed by atoms with Gasteiger partial charge in [-0.3, -0.25) is 4.79 Å². The molecule has 18 heavy (non-hydrogen) atoms. The summed E-state index contributed by atoms with van der Waals surface area (Å²) >= 11 is 0. The molecular formula is C15H30N2O. The molecule has 1 fully saturated rings. The molecule has 0 aromatic rings. The number of carbonyl (C=O) groups excluding carboxylic acids is 1. The molecule has 3 nitrogen and oxygen atoms in total. The Labute approximate surface area is 112 Å². The van der Waals surface area contributed by atoms with Gasteiger partial charge in [-0.05, 0) is 25.7 Å². The smallest absolute Gasteiger partial charge is 0.220 e. The van der Waals surface area contributed by atoms with Gasteiger partial charge in [0, 0.05) is 13.0 Å². The molecule has 0 aromatic carbocycles. The maximum atomic E-state index is 11.8. The van der Waals surface area contributed by atoms with Gasteiger partial charge >= 0.3 is 0 Å². The highest BCUT2D eigenvalue weighted by molar-refractivity contribution is 5.76. The largest absolute Gasteiger partial charge is 0.349 e. The zero-order valence-corrected chi connectivity index (χ0v) is 12.0. The minimum Gasteiger partial charge on any atom is -0.349 e. The minimum absolute atomic E-state index is 0.0434. The van der Waals surface area contributed by atoms with Gasteiger partial charge in [-0.15, -0.1) is 0 Å². The van der Waals surface area contributed by atoms with E-state index in [-0.39, 0.29) is 11.4 Å². The minimum atomic E-state index is -0.0434. The van der Waals surface area contributed by atoms with Crippen LogP contribution in [-0.4, -0.2) is 18.0 Å². The summed E-state index contributed by atoms with van der Waals surface area (Å²) < 4.78 is 0. The van der Waals surface area contributed by atoms with Crippen LogP contribution in [0.5, 0.6) is 0 Å². The van der Waals surface area contributed by atoms with Gasteiger partial charge < -0.3 is 11.1 Å². The molecular weight excluding hydrogens is 224 g/mol. The molecule has 0 heterocycles. The maximum Gasteiger partial charge on any atom is 0.220 e. The average Bonchev–Trinajstić information content (AvgIpc) is 2.33. The third-order valence-corrected chi connectivity index (χ3v) is 4.11. The molecule has 1 aliphatic rings. The predicted octanol–water partition coefficient (Wildman–Crippen LogP) is 3.12. The van der Waals surface area contributed by atoms with Gasteiger partial charge in [0.2, 0.25) is 5.91 Å². The molecule has 0 unspecified atom stereocenters. The fourth-order valence-corrected chi connectivity index (χ4v) is 2.58. The molecule has 1 saturated carbocycles. The van der Waals surface area contributed by atoms with E-state index in [1.54, 1.807) is 0 Å². The normalized spacial score (nSPS) is 17.2. The first kappa shape index (κ1) is 15.5. The standard InChI is InChI=1S/C15H30N2O/c1-2-3-4-5-6-7-8-10-14(18)17-15(13-16)11-9-12-15/h2-13,16H2,1H3,(H,17,18). The Bertz CT molecular complexity index is 231. The van der Waals surface area contributed by atoms with Crippen molar-refractivity contribution in [1.29, 1.82) is 0 Å². The zero-order chi connectivity index (χ0) is 13.3. The SMILES string of the molecule is CCCCCCCCCC(=O)NC1(CN)CCC1. The highest BCUT2D eigenvalue weighted by Crippen LogP contribution is 2.30. The van der Waals surface area contributed by atoms with Crippen LogP contribution in [0.15, 0.2) is 0 Å². The summed E-state index contributed by atoms with van der Waals surface area (Å²) in [5.74, 6) is 0.203. The summed E-state index contributed by atoms with van der Waals surface area (Å²) in [5, 5.41) is 3.13. The summed E-state index contributed by atoms with van der Waals surface area (Å²) in [4.78, 5) is 11.8. The molecule has 0 aliphatic heterocycles. The van der Waals surface area contributed by atoms with Crippen molar-refractivity contribution >= 4 is 5.91 Å². The molecule has 0 bridgehead atoms. The van der Waals surface area contributed by atoms with E-state index in [9.17, 15) is 4.79 Å². The van der Waals surface area contributed by atoms with Gasteiger partial charge in [0.25, 0.3) is 0 Å². The van der Waals surface area contributed by atoms with Gasteiger partial charge in [-0.2, -0.15) is 0 Å². The molecule has 0 radical (unpaired) electrons. The lowest BCUT2D eigenvalue weighted by molar-refractivity contribution is -0.124. The first-order valence-electron chi connectivity index (χ1n) is 7.73. The van der Waals surface area contributed by atoms with Crippen molar-refractivity contribution in [3.05, 3.63) is 0 Å². The number of carbonyl (C=O) groups is 1. The van der Waals surface area contributed by atoms with Crippen LogP contribution in [-0.2, 0) is 4.79 Å². The van der Waals surface area contributed by atoms with Crippen LogP contribution in [0.1, 0.15) is 77.6 Å². The Morgan fingerprint density at radius 2 is 1.72 bits per heavy atom. The van der Waals surface area contributed by atoms with Crippen molar-refractivity contribution in [3.8, 4) is 0 Å². The van der Waals surface area contributed by atoms with Crippen molar-refractivity contribution in [1.82, 2.24) is 5.32 Å². The molecule has 0 atom stereocenters. The Kier molecular flexibility index (Phi) is 7.33. The summed E-state index contributed by atoms with van der Waals surface area (Å²) in [5.41, 5.74) is 5.68. The third-order valence-electron chi connectivity index (χ3n) is 4.11. The fraction of sp³-hybridized carbons (Fsp3) is 0.933. The van der Waals surface area contributed by atoms with E-state index in [1.807, 2.05) is 0 Å². The van der Waals surface area contributed by atoms with Crippen LogP contribution in [0.4, 0.5) is 0 Å². The van der Waals surface area contributed by atoms with E-state index in [2.05, 4.69) is 12.2 Å². The Balaban J connectivity index is 1.97. The molecule has 3 N–H and O–H groups in total. The molecule has 3 heteroatoms. The summed E-state index contributed by atoms with van der Waals surface area (Å²) in [6.45, 7) is 2.83. The van der Waals surface area contributed by atoms with Crippen LogP contribution in [0, 0.1) is 0 Å². The van der Waals surface area contributed by atoms with Crippen LogP contribution >= 0.6 is 0 Å². The maximum absolute atomic E-state index is 11.8. The Morgan fingerprint density at radius 1 is 1.11 bits per heavy atom. The second-order valence-corrected chi connectivity index (χ2v) is 5.76. The number of hydrogen-bond acceptors (Lipinski definition) is 2. The van der Waals surface area contributed by atoms with Gasteiger partial charge in [0.05, 0.1) is 5.54 Å². The molecule has 0 aromatic heterocycles. The van der Waals surface area contributed by atoms with Crippen LogP contribution in [0.2, 0.25) is 0 Å². The molecule has 1 amide bonds. The van der Waals surface area contributed by atoms with E-state index in [4.69, 9.17) is 5.73 Å². The van der Waals surface area contributed by atoms with Crippen molar-refractivity contribution in [3.63, 3.8) is 0 Å². The van der Waals surface area contributed by atoms with E-state index in [0.717, 1.165) is 19.3 Å². The van der Waals surface area contributed by atoms with Crippen LogP contribution < -0.4 is 11.1 Å². The lowest BCUT2D eigenvalue weighted by Gasteiger charge is -2.41. The second kappa shape index (κ2) is 8.52. The highest BCUT2D eigenvalue weighted by Gasteiger charge is 2.36. The first-order chi connectivity index (χ1) is 8.72. The Hall–Kier alpha value is -0.570. The van der Waals surface area contributed by atoms with E-state index in [1.165, 1.54) is 44.9 Å². The van der Waals surface area contributed by atoms with Crippen molar-refractivity contribution in [2.75, 3.05) is 6.54 Å². The van der Waals surface area contributed by atoms with E-state index in [0.29, 0.717) is 13.0 Å². The van der Waals surface area contributed by atoms with E-state index >= 15 is 0 Å². The molecule has 1 aliphatic carbocycles. The van der Waals surface area contributed by atoms with Gasteiger partial charge in [-0.25, -0.2) is 0 Å². The first-order valence-corrected chi connectivity index (χ1v) is 7.73. The zero-order valence-electron chi connectivity index (χ0n) is 12.0. The molecule has 0 saturated heterocycles. The fourth-order valence-electron chi connectivity index (χ4n) is 2.58. The van der Waals surface area contributed by atoms with Crippen LogP contribution in [0.25, 0.3) is 0 Å². The number of amides is 1. The predicted molar refractivity (Wildman–Crippen MR) is 76.4 cm³/mol. The molecule has 106 valence electrons. The third kappa shape index (κ3) is 5.38. The summed E-state index contributed by atoms with van der Waals surface area (Å²) in [7, 11) is 0. The number of rotatable bonds is 10. The number of hydrogen-bond donors (Lipinski definition) is 2. The second-order valence-electron chi connectivity index (χ2n) is 5.76. The number of nitrogens with two attached hydrogens (primary N) is 1. The van der Waals surface area contributed by atoms with Crippen molar-refractivity contribution in [2.45, 2.75) is 83.1 Å². The van der Waals surface area contributed by atoms with Crippen molar-refractivity contribution < 1.29 is 4.79 Å². The van der Waals surface area contributed by atoms with Gasteiger partial charge in [-0.1, -0.05) is 45.4 Å². The number of nitrogens with one attached hydrogen (secondary N) is 1. The average molecular weight is 254 g/mol. The molecule has 0 spiro atoms. The monoisotopic (exact) mass is 254 g/mol. The van der Waals surface area contributed by atoms with Gasteiger partial charge in [0.1, 0.15) is 0 Å². The lowest BCUT2D eigenvalue weighted by Crippen LogP contribution is -2.58. The van der Waals surface area contributed by atoms with E-state index < -0.39 is 0 Å². The topological polar surface area (TPSA) is 55.1 Å². The highest BCUT2D eigenvalue weighted by atomic mass is 16.1. The molecule has 1 rings (SSSR count). The number of unbranched alkanes of at least 4 members (excludes halogenated alkanes) is 6.